The number of urea groups is 1. The van der Waals surface area contributed by atoms with Gasteiger partial charge in [0.15, 0.2) is 0 Å². The van der Waals surface area contributed by atoms with Crippen LogP contribution >= 0.6 is 0 Å². The minimum absolute atomic E-state index is 0.0493. The number of rotatable bonds is 6. The molecule has 1 aromatic carbocycles. The van der Waals surface area contributed by atoms with Crippen LogP contribution in [0.15, 0.2) is 30.3 Å². The summed E-state index contributed by atoms with van der Waals surface area (Å²) in [6.45, 7) is 4.02. The van der Waals surface area contributed by atoms with Crippen LogP contribution in [0.25, 0.3) is 0 Å². The van der Waals surface area contributed by atoms with E-state index in [1.165, 1.54) is 10.5 Å². The number of imide groups is 1. The van der Waals surface area contributed by atoms with Gasteiger partial charge in [-0.15, -0.1) is 0 Å². The summed E-state index contributed by atoms with van der Waals surface area (Å²) in [7, 11) is 3.74. The predicted molar refractivity (Wildman–Crippen MR) is 122 cm³/mol. The second kappa shape index (κ2) is 9.58. The molecule has 0 unspecified atom stereocenters. The average Bonchev–Trinajstić information content (AvgIpc) is 3.03. The van der Waals surface area contributed by atoms with Gasteiger partial charge < -0.3 is 20.0 Å². The van der Waals surface area contributed by atoms with Gasteiger partial charge >= 0.3 is 6.03 Å². The van der Waals surface area contributed by atoms with Crippen LogP contribution in [0.1, 0.15) is 31.2 Å². The molecule has 4 rings (SSSR count). The molecule has 8 nitrogen and oxygen atoms in total. The third-order valence-corrected chi connectivity index (χ3v) is 7.03. The van der Waals surface area contributed by atoms with Gasteiger partial charge in [0.2, 0.25) is 5.91 Å². The summed E-state index contributed by atoms with van der Waals surface area (Å²) in [5.41, 5.74) is 0.533. The van der Waals surface area contributed by atoms with Gasteiger partial charge in [-0.2, -0.15) is 0 Å². The number of benzene rings is 1. The van der Waals surface area contributed by atoms with Gasteiger partial charge in [-0.25, -0.2) is 4.79 Å². The molecular weight excluding hydrogens is 406 g/mol. The number of amides is 4. The van der Waals surface area contributed by atoms with Crippen molar-refractivity contribution >= 4 is 17.8 Å². The Morgan fingerprint density at radius 2 is 1.84 bits per heavy atom. The zero-order valence-electron chi connectivity index (χ0n) is 19.3. The van der Waals surface area contributed by atoms with Crippen LogP contribution in [0.4, 0.5) is 4.79 Å². The molecule has 0 aliphatic carbocycles. The number of piperidine rings is 2. The smallest absolute Gasteiger partial charge is 0.325 e. The first-order chi connectivity index (χ1) is 15.4. The summed E-state index contributed by atoms with van der Waals surface area (Å²) >= 11 is 0. The lowest BCUT2D eigenvalue weighted by atomic mass is 9.87. The molecule has 1 N–H and O–H groups in total. The Labute approximate surface area is 190 Å². The van der Waals surface area contributed by atoms with Crippen molar-refractivity contribution in [3.8, 4) is 0 Å². The van der Waals surface area contributed by atoms with Crippen LogP contribution < -0.4 is 5.32 Å². The van der Waals surface area contributed by atoms with Gasteiger partial charge in [-0.05, 0) is 51.8 Å². The molecular formula is C24H35N5O3. The van der Waals surface area contributed by atoms with E-state index in [1.807, 2.05) is 25.1 Å². The van der Waals surface area contributed by atoms with Crippen LogP contribution in [0.3, 0.4) is 0 Å². The second-order valence-electron chi connectivity index (χ2n) is 9.64. The number of carbonyl (C=O) groups excluding carboxylic acids is 3. The second-order valence-corrected chi connectivity index (χ2v) is 9.64. The van der Waals surface area contributed by atoms with Crippen molar-refractivity contribution < 1.29 is 14.4 Å². The molecule has 3 fully saturated rings. The highest BCUT2D eigenvalue weighted by molar-refractivity contribution is 6.07. The SMILES string of the molecule is CN(C)CC(=O)N1CCC[C@@H](N2C(=O)NC3(CCN(CCc4ccccc4)CC3)C2=O)C1. The van der Waals surface area contributed by atoms with Gasteiger partial charge in [0.05, 0.1) is 12.6 Å². The molecule has 3 saturated heterocycles. The van der Waals surface area contributed by atoms with Gasteiger partial charge in [-0.3, -0.25) is 14.5 Å². The highest BCUT2D eigenvalue weighted by Gasteiger charge is 2.54. The summed E-state index contributed by atoms with van der Waals surface area (Å²) < 4.78 is 0. The Hall–Kier alpha value is -2.45. The third-order valence-electron chi connectivity index (χ3n) is 7.03. The van der Waals surface area contributed by atoms with Crippen LogP contribution in [-0.4, -0.2) is 102 Å². The zero-order valence-corrected chi connectivity index (χ0v) is 19.3. The Morgan fingerprint density at radius 1 is 1.12 bits per heavy atom. The third kappa shape index (κ3) is 4.81. The predicted octanol–water partition coefficient (Wildman–Crippen LogP) is 1.17. The summed E-state index contributed by atoms with van der Waals surface area (Å²) in [4.78, 5) is 46.3. The van der Waals surface area contributed by atoms with Gasteiger partial charge in [0.25, 0.3) is 5.91 Å². The van der Waals surface area contributed by atoms with Crippen LogP contribution in [-0.2, 0) is 16.0 Å². The van der Waals surface area contributed by atoms with Crippen LogP contribution in [0.5, 0.6) is 0 Å². The lowest BCUT2D eigenvalue weighted by Crippen LogP contribution is -2.56. The number of carbonyl (C=O) groups is 3. The Balaban J connectivity index is 1.34. The van der Waals surface area contributed by atoms with E-state index in [0.717, 1.165) is 38.9 Å². The molecule has 174 valence electrons. The normalized spacial score (nSPS) is 23.8. The lowest BCUT2D eigenvalue weighted by Gasteiger charge is -2.39. The minimum atomic E-state index is -0.781. The summed E-state index contributed by atoms with van der Waals surface area (Å²) in [6, 6.07) is 9.89. The fourth-order valence-electron chi connectivity index (χ4n) is 5.16. The summed E-state index contributed by atoms with van der Waals surface area (Å²) in [6.07, 6.45) is 3.82. The molecule has 3 aliphatic heterocycles. The van der Waals surface area contributed by atoms with Crippen molar-refractivity contribution in [3.63, 3.8) is 0 Å². The van der Waals surface area contributed by atoms with Crippen molar-refractivity contribution in [3.05, 3.63) is 35.9 Å². The molecule has 8 heteroatoms. The number of hydrogen-bond donors (Lipinski definition) is 1. The zero-order chi connectivity index (χ0) is 22.7. The van der Waals surface area contributed by atoms with E-state index in [2.05, 4.69) is 34.5 Å². The van der Waals surface area contributed by atoms with Crippen molar-refractivity contribution in [1.82, 2.24) is 24.9 Å². The molecule has 0 saturated carbocycles. The highest BCUT2D eigenvalue weighted by Crippen LogP contribution is 2.32. The number of nitrogens with one attached hydrogen (secondary N) is 1. The molecule has 3 aliphatic rings. The van der Waals surface area contributed by atoms with E-state index in [-0.39, 0.29) is 23.9 Å². The molecule has 4 amide bonds. The Morgan fingerprint density at radius 3 is 2.53 bits per heavy atom. The van der Waals surface area contributed by atoms with E-state index in [1.54, 1.807) is 4.90 Å². The maximum atomic E-state index is 13.4. The standard InChI is InChI=1S/C24H35N5O3/c1-26(2)18-21(30)28-13-6-9-20(17-28)29-22(31)24(25-23(29)32)11-15-27(16-12-24)14-10-19-7-4-3-5-8-19/h3-5,7-8,20H,6,9-18H2,1-2H3,(H,25,32)/t20-/m1/s1. The van der Waals surface area contributed by atoms with Crippen LogP contribution in [0, 0.1) is 0 Å². The van der Waals surface area contributed by atoms with E-state index in [9.17, 15) is 14.4 Å². The molecule has 0 bridgehead atoms. The van der Waals surface area contributed by atoms with E-state index in [0.29, 0.717) is 32.5 Å². The number of nitrogens with zero attached hydrogens (tertiary/aromatic N) is 4. The number of likely N-dealkylation sites (N-methyl/N-ethyl adjacent to an activating group) is 1. The molecule has 0 aromatic heterocycles. The van der Waals surface area contributed by atoms with Crippen molar-refractivity contribution in [1.29, 1.82) is 0 Å². The lowest BCUT2D eigenvalue weighted by molar-refractivity contribution is -0.139. The Bertz CT molecular complexity index is 835. The summed E-state index contributed by atoms with van der Waals surface area (Å²) in [5, 5.41) is 3.04. The van der Waals surface area contributed by atoms with E-state index in [4.69, 9.17) is 0 Å². The number of hydrogen-bond acceptors (Lipinski definition) is 5. The monoisotopic (exact) mass is 441 g/mol. The maximum absolute atomic E-state index is 13.4. The average molecular weight is 442 g/mol. The first-order valence-electron chi connectivity index (χ1n) is 11.7. The van der Waals surface area contributed by atoms with Crippen molar-refractivity contribution in [2.24, 2.45) is 0 Å². The summed E-state index contributed by atoms with van der Waals surface area (Å²) in [5.74, 6) is -0.0506. The molecule has 1 atom stereocenters. The van der Waals surface area contributed by atoms with E-state index < -0.39 is 5.54 Å². The van der Waals surface area contributed by atoms with Crippen molar-refractivity contribution in [2.45, 2.75) is 43.7 Å². The van der Waals surface area contributed by atoms with Gasteiger partial charge in [0, 0.05) is 32.7 Å². The fraction of sp³-hybridized carbons (Fsp3) is 0.625. The van der Waals surface area contributed by atoms with Crippen LogP contribution in [0.2, 0.25) is 0 Å². The topological polar surface area (TPSA) is 76.2 Å². The quantitative estimate of drug-likeness (QED) is 0.671. The largest absolute Gasteiger partial charge is 0.340 e. The first kappa shape index (κ1) is 22.7. The Kier molecular flexibility index (Phi) is 6.81. The molecule has 3 heterocycles. The number of likely N-dealkylation sites (tertiary alicyclic amines) is 2. The molecule has 1 spiro atoms. The first-order valence-corrected chi connectivity index (χ1v) is 11.7. The minimum Gasteiger partial charge on any atom is -0.340 e. The molecule has 0 radical (unpaired) electrons. The molecule has 1 aromatic rings. The van der Waals surface area contributed by atoms with Gasteiger partial charge in [0.1, 0.15) is 5.54 Å². The van der Waals surface area contributed by atoms with E-state index >= 15 is 0 Å². The van der Waals surface area contributed by atoms with Crippen molar-refractivity contribution in [2.75, 3.05) is 53.4 Å². The fourth-order valence-corrected chi connectivity index (χ4v) is 5.16. The maximum Gasteiger partial charge on any atom is 0.325 e. The highest BCUT2D eigenvalue weighted by atomic mass is 16.2. The van der Waals surface area contributed by atoms with Gasteiger partial charge in [-0.1, -0.05) is 30.3 Å². The molecule has 32 heavy (non-hydrogen) atoms.